The average molecular weight is 227 g/mol. The number of ether oxygens (including phenoxy) is 1. The fourth-order valence-corrected chi connectivity index (χ4v) is 1.68. The smallest absolute Gasteiger partial charge is 0.339 e. The highest BCUT2D eigenvalue weighted by Crippen LogP contribution is 2.35. The summed E-state index contributed by atoms with van der Waals surface area (Å²) in [5, 5.41) is 9.38. The van der Waals surface area contributed by atoms with Crippen LogP contribution in [0.3, 0.4) is 0 Å². The summed E-state index contributed by atoms with van der Waals surface area (Å²) in [7, 11) is 0. The summed E-state index contributed by atoms with van der Waals surface area (Å²) in [6.07, 6.45) is 2.09. The maximum Gasteiger partial charge on any atom is 0.339 e. The van der Waals surface area contributed by atoms with Gasteiger partial charge in [0.2, 0.25) is 0 Å². The van der Waals surface area contributed by atoms with Crippen molar-refractivity contribution in [2.75, 3.05) is 0 Å². The first-order valence-corrected chi connectivity index (χ1v) is 5.16. The van der Waals surface area contributed by atoms with Crippen molar-refractivity contribution in [3.8, 4) is 5.75 Å². The molecule has 15 heavy (non-hydrogen) atoms. The third kappa shape index (κ3) is 2.23. The fourth-order valence-electron chi connectivity index (χ4n) is 1.36. The van der Waals surface area contributed by atoms with Crippen LogP contribution in [0.4, 0.5) is 0 Å². The first-order chi connectivity index (χ1) is 7.08. The third-order valence-corrected chi connectivity index (χ3v) is 2.51. The first-order valence-electron chi connectivity index (χ1n) is 4.78. The number of carboxylic acids is 1. The van der Waals surface area contributed by atoms with Crippen LogP contribution in [0.5, 0.6) is 5.75 Å². The van der Waals surface area contributed by atoms with Crippen molar-refractivity contribution in [3.63, 3.8) is 0 Å². The predicted molar refractivity (Wildman–Crippen MR) is 56.8 cm³/mol. The van der Waals surface area contributed by atoms with E-state index in [9.17, 15) is 4.79 Å². The lowest BCUT2D eigenvalue weighted by Gasteiger charge is -2.10. The van der Waals surface area contributed by atoms with Crippen molar-refractivity contribution in [2.24, 2.45) is 0 Å². The number of carbonyl (C=O) groups is 1. The standard InChI is InChI=1S/C11H11ClO3/c1-6-4-8(11(13)14)10(9(12)5-6)15-7-2-3-7/h4-5,7H,2-3H2,1H3,(H,13,14). The summed E-state index contributed by atoms with van der Waals surface area (Å²) in [4.78, 5) is 11.0. The van der Waals surface area contributed by atoms with Crippen molar-refractivity contribution in [2.45, 2.75) is 25.9 Å². The molecule has 0 unspecified atom stereocenters. The van der Waals surface area contributed by atoms with Crippen molar-refractivity contribution < 1.29 is 14.6 Å². The topological polar surface area (TPSA) is 46.5 Å². The Morgan fingerprint density at radius 3 is 2.73 bits per heavy atom. The molecule has 1 aromatic carbocycles. The molecule has 3 nitrogen and oxygen atoms in total. The summed E-state index contributed by atoms with van der Waals surface area (Å²) in [5.74, 6) is -0.700. The van der Waals surface area contributed by atoms with Gasteiger partial charge in [-0.05, 0) is 37.5 Å². The summed E-state index contributed by atoms with van der Waals surface area (Å²) in [6, 6.07) is 3.29. The molecule has 1 aromatic rings. The number of halogens is 1. The van der Waals surface area contributed by atoms with E-state index in [0.717, 1.165) is 18.4 Å². The van der Waals surface area contributed by atoms with Crippen molar-refractivity contribution in [1.82, 2.24) is 0 Å². The highest BCUT2D eigenvalue weighted by atomic mass is 35.5. The molecule has 0 saturated heterocycles. The molecule has 2 rings (SSSR count). The number of hydrogen-bond acceptors (Lipinski definition) is 2. The second kappa shape index (κ2) is 3.74. The van der Waals surface area contributed by atoms with Crippen LogP contribution in [0.25, 0.3) is 0 Å². The van der Waals surface area contributed by atoms with Gasteiger partial charge in [-0.3, -0.25) is 0 Å². The van der Waals surface area contributed by atoms with Crippen LogP contribution in [0.2, 0.25) is 5.02 Å². The number of benzene rings is 1. The fraction of sp³-hybridized carbons (Fsp3) is 0.364. The molecule has 0 aliphatic heterocycles. The van der Waals surface area contributed by atoms with E-state index >= 15 is 0 Å². The molecule has 1 aliphatic carbocycles. The van der Waals surface area contributed by atoms with Gasteiger partial charge in [0, 0.05) is 0 Å². The first kappa shape index (κ1) is 10.3. The van der Waals surface area contributed by atoms with E-state index in [1.807, 2.05) is 0 Å². The Hall–Kier alpha value is -1.22. The van der Waals surface area contributed by atoms with Gasteiger partial charge in [-0.15, -0.1) is 0 Å². The Bertz CT molecular complexity index is 411. The molecule has 80 valence electrons. The van der Waals surface area contributed by atoms with Gasteiger partial charge in [0.05, 0.1) is 11.1 Å². The summed E-state index contributed by atoms with van der Waals surface area (Å²) >= 11 is 5.96. The Labute approximate surface area is 92.6 Å². The zero-order valence-electron chi connectivity index (χ0n) is 8.29. The van der Waals surface area contributed by atoms with E-state index < -0.39 is 5.97 Å². The van der Waals surface area contributed by atoms with Gasteiger partial charge in [0.15, 0.2) is 5.75 Å². The molecule has 0 spiro atoms. The molecular weight excluding hydrogens is 216 g/mol. The molecule has 1 N–H and O–H groups in total. The molecule has 0 aromatic heterocycles. The third-order valence-electron chi connectivity index (χ3n) is 2.23. The van der Waals surface area contributed by atoms with Crippen LogP contribution >= 0.6 is 11.6 Å². The zero-order valence-corrected chi connectivity index (χ0v) is 9.04. The van der Waals surface area contributed by atoms with Crippen LogP contribution in [0.15, 0.2) is 12.1 Å². The minimum atomic E-state index is -1.00. The van der Waals surface area contributed by atoms with E-state index in [1.54, 1.807) is 19.1 Å². The molecule has 1 saturated carbocycles. The van der Waals surface area contributed by atoms with Gasteiger partial charge in [-0.25, -0.2) is 4.79 Å². The van der Waals surface area contributed by atoms with Crippen LogP contribution < -0.4 is 4.74 Å². The SMILES string of the molecule is Cc1cc(Cl)c(OC2CC2)c(C(=O)O)c1. The highest BCUT2D eigenvalue weighted by Gasteiger charge is 2.27. The van der Waals surface area contributed by atoms with Crippen LogP contribution in [0.1, 0.15) is 28.8 Å². The maximum atomic E-state index is 11.0. The summed E-state index contributed by atoms with van der Waals surface area (Å²) < 4.78 is 5.49. The lowest BCUT2D eigenvalue weighted by atomic mass is 10.1. The average Bonchev–Trinajstić information content (AvgIpc) is 2.92. The lowest BCUT2D eigenvalue weighted by Crippen LogP contribution is -2.05. The molecule has 4 heteroatoms. The Kier molecular flexibility index (Phi) is 2.57. The molecule has 1 aliphatic rings. The van der Waals surface area contributed by atoms with Gasteiger partial charge in [0.1, 0.15) is 5.56 Å². The van der Waals surface area contributed by atoms with E-state index in [0.29, 0.717) is 10.8 Å². The number of carboxylic acid groups (broad SMARTS) is 1. The largest absolute Gasteiger partial charge is 0.488 e. The second-order valence-corrected chi connectivity index (χ2v) is 4.15. The normalized spacial score (nSPS) is 15.1. The molecule has 1 fully saturated rings. The molecular formula is C11H11ClO3. The van der Waals surface area contributed by atoms with Gasteiger partial charge in [-0.2, -0.15) is 0 Å². The number of aryl methyl sites for hydroxylation is 1. The van der Waals surface area contributed by atoms with E-state index in [1.165, 1.54) is 0 Å². The lowest BCUT2D eigenvalue weighted by molar-refractivity contribution is 0.0692. The molecule has 0 heterocycles. The van der Waals surface area contributed by atoms with Crippen LogP contribution in [-0.4, -0.2) is 17.2 Å². The van der Waals surface area contributed by atoms with Gasteiger partial charge in [0.25, 0.3) is 0 Å². The Morgan fingerprint density at radius 1 is 1.53 bits per heavy atom. The monoisotopic (exact) mass is 226 g/mol. The van der Waals surface area contributed by atoms with Crippen LogP contribution in [0, 0.1) is 6.92 Å². The minimum absolute atomic E-state index is 0.142. The van der Waals surface area contributed by atoms with E-state index in [-0.39, 0.29) is 11.7 Å². The zero-order chi connectivity index (χ0) is 11.0. The molecule has 0 atom stereocenters. The van der Waals surface area contributed by atoms with Crippen molar-refractivity contribution in [1.29, 1.82) is 0 Å². The minimum Gasteiger partial charge on any atom is -0.488 e. The summed E-state index contributed by atoms with van der Waals surface area (Å²) in [5.41, 5.74) is 0.965. The van der Waals surface area contributed by atoms with Crippen molar-refractivity contribution >= 4 is 17.6 Å². The predicted octanol–water partition coefficient (Wildman–Crippen LogP) is 2.89. The molecule has 0 radical (unpaired) electrons. The number of hydrogen-bond donors (Lipinski definition) is 1. The second-order valence-electron chi connectivity index (χ2n) is 3.75. The quantitative estimate of drug-likeness (QED) is 0.862. The van der Waals surface area contributed by atoms with Crippen molar-refractivity contribution in [3.05, 3.63) is 28.3 Å². The van der Waals surface area contributed by atoms with E-state index in [2.05, 4.69) is 0 Å². The van der Waals surface area contributed by atoms with Gasteiger partial charge < -0.3 is 9.84 Å². The number of rotatable bonds is 3. The number of aromatic carboxylic acids is 1. The summed E-state index contributed by atoms with van der Waals surface area (Å²) in [6.45, 7) is 1.80. The van der Waals surface area contributed by atoms with E-state index in [4.69, 9.17) is 21.4 Å². The maximum absolute atomic E-state index is 11.0. The highest BCUT2D eigenvalue weighted by molar-refractivity contribution is 6.32. The Morgan fingerprint density at radius 2 is 2.20 bits per heavy atom. The van der Waals surface area contributed by atoms with Crippen LogP contribution in [-0.2, 0) is 0 Å². The molecule has 0 bridgehead atoms. The van der Waals surface area contributed by atoms with Gasteiger partial charge >= 0.3 is 5.97 Å². The molecule has 0 amide bonds. The van der Waals surface area contributed by atoms with Gasteiger partial charge in [-0.1, -0.05) is 11.6 Å². The Balaban J connectivity index is 2.42.